The van der Waals surface area contributed by atoms with Crippen molar-refractivity contribution >= 4 is 39.4 Å². The third kappa shape index (κ3) is 7.78. The molecule has 0 aliphatic rings. The lowest BCUT2D eigenvalue weighted by Crippen LogP contribution is -2.43. The Morgan fingerprint density at radius 3 is 2.26 bits per heavy atom. The molecule has 0 heterocycles. The number of ketones is 1. The van der Waals surface area contributed by atoms with E-state index in [9.17, 15) is 14.4 Å². The molecule has 2 amide bonds. The molecule has 7 heteroatoms. The molecule has 0 aliphatic carbocycles. The van der Waals surface area contributed by atoms with E-state index in [0.717, 1.165) is 4.47 Å². The Hall–Kier alpha value is -1.89. The number of benzene rings is 1. The molecule has 0 saturated heterocycles. The molecule has 0 spiro atoms. The van der Waals surface area contributed by atoms with Crippen LogP contribution in [0.3, 0.4) is 0 Å². The Bertz CT molecular complexity index is 558. The van der Waals surface area contributed by atoms with Gasteiger partial charge in [-0.1, -0.05) is 29.8 Å². The van der Waals surface area contributed by atoms with Gasteiger partial charge in [0.2, 0.25) is 0 Å². The Balaban J connectivity index is 2.64. The average molecular weight is 385 g/mol. The molecule has 1 aromatic carbocycles. The standard InChI is InChI=1S/C16H21BrN2O4/c1-10(2)9-13(14(20)7-8-15(21)22)19-16(23)18-12-5-3-11(17)4-6-12/h3-6,10,13H,7-9H2,1-2H3,(H,21,22)(H2,18,19,23)/t13-/m0/s1. The highest BCUT2D eigenvalue weighted by Crippen LogP contribution is 2.14. The van der Waals surface area contributed by atoms with Crippen LogP contribution in [0, 0.1) is 5.92 Å². The Labute approximate surface area is 143 Å². The molecule has 0 aliphatic heterocycles. The van der Waals surface area contributed by atoms with Gasteiger partial charge in [0.25, 0.3) is 0 Å². The van der Waals surface area contributed by atoms with Crippen LogP contribution in [0.5, 0.6) is 0 Å². The van der Waals surface area contributed by atoms with Crippen molar-refractivity contribution in [2.75, 3.05) is 5.32 Å². The molecule has 1 atom stereocenters. The number of amides is 2. The predicted molar refractivity (Wildman–Crippen MR) is 91.4 cm³/mol. The number of hydrogen-bond donors (Lipinski definition) is 3. The highest BCUT2D eigenvalue weighted by atomic mass is 79.9. The number of aliphatic carboxylic acids is 1. The number of halogens is 1. The van der Waals surface area contributed by atoms with Crippen LogP contribution in [0.15, 0.2) is 28.7 Å². The summed E-state index contributed by atoms with van der Waals surface area (Å²) in [5.74, 6) is -1.10. The summed E-state index contributed by atoms with van der Waals surface area (Å²) in [5, 5.41) is 14.0. The number of hydrogen-bond acceptors (Lipinski definition) is 3. The smallest absolute Gasteiger partial charge is 0.319 e. The third-order valence-corrected chi connectivity index (χ3v) is 3.62. The fourth-order valence-corrected chi connectivity index (χ4v) is 2.27. The van der Waals surface area contributed by atoms with E-state index in [1.54, 1.807) is 24.3 Å². The summed E-state index contributed by atoms with van der Waals surface area (Å²) in [6, 6.07) is 5.87. The van der Waals surface area contributed by atoms with Crippen molar-refractivity contribution in [1.29, 1.82) is 0 Å². The van der Waals surface area contributed by atoms with Crippen molar-refractivity contribution in [2.24, 2.45) is 5.92 Å². The van der Waals surface area contributed by atoms with Crippen molar-refractivity contribution in [3.8, 4) is 0 Å². The van der Waals surface area contributed by atoms with Crippen LogP contribution in [0.25, 0.3) is 0 Å². The topological polar surface area (TPSA) is 95.5 Å². The van der Waals surface area contributed by atoms with Gasteiger partial charge in [0.1, 0.15) is 0 Å². The highest BCUT2D eigenvalue weighted by molar-refractivity contribution is 9.10. The molecule has 0 bridgehead atoms. The number of anilines is 1. The van der Waals surface area contributed by atoms with Gasteiger partial charge in [-0.15, -0.1) is 0 Å². The summed E-state index contributed by atoms with van der Waals surface area (Å²) >= 11 is 3.31. The van der Waals surface area contributed by atoms with E-state index in [1.807, 2.05) is 13.8 Å². The number of rotatable bonds is 8. The summed E-state index contributed by atoms with van der Waals surface area (Å²) in [6.07, 6.45) is 0.140. The lowest BCUT2D eigenvalue weighted by atomic mass is 9.98. The minimum atomic E-state index is -1.03. The molecule has 126 valence electrons. The summed E-state index contributed by atoms with van der Waals surface area (Å²) in [4.78, 5) is 34.7. The zero-order chi connectivity index (χ0) is 17.4. The fraction of sp³-hybridized carbons (Fsp3) is 0.438. The van der Waals surface area contributed by atoms with Crippen LogP contribution in [-0.4, -0.2) is 28.9 Å². The maximum Gasteiger partial charge on any atom is 0.319 e. The molecule has 6 nitrogen and oxygen atoms in total. The molecule has 23 heavy (non-hydrogen) atoms. The lowest BCUT2D eigenvalue weighted by molar-refractivity contribution is -0.138. The second-order valence-electron chi connectivity index (χ2n) is 5.65. The largest absolute Gasteiger partial charge is 0.481 e. The van der Waals surface area contributed by atoms with Crippen LogP contribution < -0.4 is 10.6 Å². The van der Waals surface area contributed by atoms with Gasteiger partial charge in [-0.25, -0.2) is 4.79 Å². The number of carbonyl (C=O) groups is 3. The first kappa shape index (κ1) is 19.2. The number of carboxylic acids is 1. The summed E-state index contributed by atoms with van der Waals surface area (Å²) in [7, 11) is 0. The van der Waals surface area contributed by atoms with Gasteiger partial charge in [-0.2, -0.15) is 0 Å². The molecule has 0 radical (unpaired) electrons. The SMILES string of the molecule is CC(C)C[C@H](NC(=O)Nc1ccc(Br)cc1)C(=O)CCC(=O)O. The van der Waals surface area contributed by atoms with Gasteiger partial charge in [0.05, 0.1) is 12.5 Å². The lowest BCUT2D eigenvalue weighted by Gasteiger charge is -2.19. The Kier molecular flexibility index (Phi) is 7.74. The quantitative estimate of drug-likeness (QED) is 0.639. The van der Waals surface area contributed by atoms with Gasteiger partial charge in [0, 0.05) is 16.6 Å². The predicted octanol–water partition coefficient (Wildman–Crippen LogP) is 3.42. The number of urea groups is 1. The minimum Gasteiger partial charge on any atom is -0.481 e. The van der Waals surface area contributed by atoms with E-state index in [4.69, 9.17) is 5.11 Å². The Morgan fingerprint density at radius 2 is 1.74 bits per heavy atom. The van der Waals surface area contributed by atoms with E-state index in [0.29, 0.717) is 12.1 Å². The van der Waals surface area contributed by atoms with Crippen LogP contribution in [0.1, 0.15) is 33.1 Å². The van der Waals surface area contributed by atoms with Crippen molar-refractivity contribution in [1.82, 2.24) is 5.32 Å². The first-order valence-electron chi connectivity index (χ1n) is 7.35. The third-order valence-electron chi connectivity index (χ3n) is 3.09. The fourth-order valence-electron chi connectivity index (χ4n) is 2.01. The van der Waals surface area contributed by atoms with Gasteiger partial charge in [-0.05, 0) is 36.6 Å². The molecule has 0 saturated carbocycles. The highest BCUT2D eigenvalue weighted by Gasteiger charge is 2.22. The van der Waals surface area contributed by atoms with Crippen molar-refractivity contribution in [3.05, 3.63) is 28.7 Å². The molecule has 0 aromatic heterocycles. The normalized spacial score (nSPS) is 11.8. The van der Waals surface area contributed by atoms with Gasteiger partial charge < -0.3 is 15.7 Å². The van der Waals surface area contributed by atoms with Crippen LogP contribution >= 0.6 is 15.9 Å². The Morgan fingerprint density at radius 1 is 1.13 bits per heavy atom. The van der Waals surface area contributed by atoms with E-state index in [2.05, 4.69) is 26.6 Å². The monoisotopic (exact) mass is 384 g/mol. The van der Waals surface area contributed by atoms with Crippen molar-refractivity contribution in [2.45, 2.75) is 39.2 Å². The zero-order valence-corrected chi connectivity index (χ0v) is 14.7. The maximum absolute atomic E-state index is 12.1. The summed E-state index contributed by atoms with van der Waals surface area (Å²) in [5.41, 5.74) is 0.604. The number of nitrogens with one attached hydrogen (secondary N) is 2. The van der Waals surface area contributed by atoms with E-state index in [-0.39, 0.29) is 24.5 Å². The molecule has 1 aromatic rings. The van der Waals surface area contributed by atoms with Crippen LogP contribution in [0.2, 0.25) is 0 Å². The molecular weight excluding hydrogens is 364 g/mol. The molecule has 0 fully saturated rings. The average Bonchev–Trinajstić information content (AvgIpc) is 2.46. The molecular formula is C16H21BrN2O4. The van der Waals surface area contributed by atoms with Crippen molar-refractivity contribution in [3.63, 3.8) is 0 Å². The maximum atomic E-state index is 12.1. The van der Waals surface area contributed by atoms with E-state index >= 15 is 0 Å². The number of carboxylic acid groups (broad SMARTS) is 1. The van der Waals surface area contributed by atoms with Gasteiger partial charge in [0.15, 0.2) is 5.78 Å². The molecule has 3 N–H and O–H groups in total. The van der Waals surface area contributed by atoms with Crippen LogP contribution in [-0.2, 0) is 9.59 Å². The first-order valence-corrected chi connectivity index (χ1v) is 8.14. The first-order chi connectivity index (χ1) is 10.8. The number of Topliss-reactive ketones (excluding diaryl/α,β-unsaturated/α-hetero) is 1. The number of carbonyl (C=O) groups excluding carboxylic acids is 2. The van der Waals surface area contributed by atoms with E-state index in [1.165, 1.54) is 0 Å². The second-order valence-corrected chi connectivity index (χ2v) is 6.56. The minimum absolute atomic E-state index is 0.0920. The van der Waals surface area contributed by atoms with Gasteiger partial charge >= 0.3 is 12.0 Å². The van der Waals surface area contributed by atoms with Crippen LogP contribution in [0.4, 0.5) is 10.5 Å². The molecule has 0 unspecified atom stereocenters. The zero-order valence-electron chi connectivity index (χ0n) is 13.1. The van der Waals surface area contributed by atoms with Gasteiger partial charge in [-0.3, -0.25) is 9.59 Å². The summed E-state index contributed by atoms with van der Waals surface area (Å²) < 4.78 is 0.894. The summed E-state index contributed by atoms with van der Waals surface area (Å²) in [6.45, 7) is 3.87. The second kappa shape index (κ2) is 9.29. The molecule has 1 rings (SSSR count). The van der Waals surface area contributed by atoms with Crippen molar-refractivity contribution < 1.29 is 19.5 Å². The van der Waals surface area contributed by atoms with E-state index < -0.39 is 18.0 Å².